The monoisotopic (exact) mass is 249 g/mol. The molecule has 0 saturated carbocycles. The van der Waals surface area contributed by atoms with Crippen LogP contribution in [0.25, 0.3) is 0 Å². The molecule has 1 unspecified atom stereocenters. The van der Waals surface area contributed by atoms with Crippen molar-refractivity contribution in [2.45, 2.75) is 19.8 Å². The van der Waals surface area contributed by atoms with Crippen molar-refractivity contribution >= 4 is 5.91 Å². The molecule has 1 aliphatic rings. The van der Waals surface area contributed by atoms with Crippen LogP contribution in [0.2, 0.25) is 0 Å². The second-order valence-corrected chi connectivity index (χ2v) is 4.79. The summed E-state index contributed by atoms with van der Waals surface area (Å²) < 4.78 is 0. The van der Waals surface area contributed by atoms with Gasteiger partial charge in [0.05, 0.1) is 5.56 Å². The summed E-state index contributed by atoms with van der Waals surface area (Å²) in [5, 5.41) is 18.9. The Kier molecular flexibility index (Phi) is 3.87. The Bertz CT molecular complexity index is 445. The zero-order valence-corrected chi connectivity index (χ0v) is 10.6. The summed E-state index contributed by atoms with van der Waals surface area (Å²) in [5.74, 6) is 0.0637. The van der Waals surface area contributed by atoms with E-state index in [0.29, 0.717) is 18.7 Å². The highest BCUT2D eigenvalue weighted by Crippen LogP contribution is 2.24. The van der Waals surface area contributed by atoms with Crippen LogP contribution in [0, 0.1) is 5.92 Å². The van der Waals surface area contributed by atoms with Crippen molar-refractivity contribution < 1.29 is 15.0 Å². The molecular formula is C14H19NO3. The summed E-state index contributed by atoms with van der Waals surface area (Å²) in [6.07, 6.45) is 1.66. The van der Waals surface area contributed by atoms with Crippen molar-refractivity contribution in [2.75, 3.05) is 19.7 Å². The molecular weight excluding hydrogens is 230 g/mol. The number of aliphatic hydroxyl groups excluding tert-OH is 1. The van der Waals surface area contributed by atoms with Crippen molar-refractivity contribution in [3.63, 3.8) is 0 Å². The van der Waals surface area contributed by atoms with Crippen molar-refractivity contribution in [2.24, 2.45) is 5.92 Å². The van der Waals surface area contributed by atoms with E-state index < -0.39 is 0 Å². The first-order valence-electron chi connectivity index (χ1n) is 6.37. The average Bonchev–Trinajstić information content (AvgIpc) is 2.87. The predicted octanol–water partition coefficient (Wildman–Crippen LogP) is 1.41. The Morgan fingerprint density at radius 3 is 2.89 bits per heavy atom. The van der Waals surface area contributed by atoms with Crippen molar-refractivity contribution in [1.29, 1.82) is 0 Å². The molecule has 0 bridgehead atoms. The Labute approximate surface area is 107 Å². The highest BCUT2D eigenvalue weighted by atomic mass is 16.3. The summed E-state index contributed by atoms with van der Waals surface area (Å²) in [5.41, 5.74) is 1.40. The maximum absolute atomic E-state index is 12.3. The number of likely N-dealkylation sites (tertiary alicyclic amines) is 1. The number of nitrogens with zero attached hydrogens (tertiary/aromatic N) is 1. The van der Waals surface area contributed by atoms with E-state index in [-0.39, 0.29) is 24.2 Å². The van der Waals surface area contributed by atoms with Gasteiger partial charge in [-0.05, 0) is 30.5 Å². The molecule has 0 aromatic heterocycles. The van der Waals surface area contributed by atoms with Crippen LogP contribution in [0.4, 0.5) is 0 Å². The van der Waals surface area contributed by atoms with E-state index in [1.807, 2.05) is 13.0 Å². The van der Waals surface area contributed by atoms with Gasteiger partial charge in [0.1, 0.15) is 5.75 Å². The molecule has 1 aromatic carbocycles. The quantitative estimate of drug-likeness (QED) is 0.851. The molecule has 18 heavy (non-hydrogen) atoms. The third-order valence-corrected chi connectivity index (χ3v) is 3.53. The highest BCUT2D eigenvalue weighted by molar-refractivity contribution is 5.97. The van der Waals surface area contributed by atoms with Gasteiger partial charge in [-0.3, -0.25) is 4.79 Å². The number of hydrogen-bond donors (Lipinski definition) is 2. The minimum absolute atomic E-state index is 0.0321. The fraction of sp³-hybridized carbons (Fsp3) is 0.500. The number of amides is 1. The lowest BCUT2D eigenvalue weighted by Crippen LogP contribution is -2.29. The second-order valence-electron chi connectivity index (χ2n) is 4.79. The fourth-order valence-corrected chi connectivity index (χ4v) is 2.31. The molecule has 1 saturated heterocycles. The number of phenolic OH excluding ortho intramolecular Hbond substituents is 1. The SMILES string of the molecule is CCc1ccc(O)c(C(=O)N2CCC(CO)C2)c1. The lowest BCUT2D eigenvalue weighted by atomic mass is 10.1. The Morgan fingerprint density at radius 2 is 2.28 bits per heavy atom. The summed E-state index contributed by atoms with van der Waals surface area (Å²) in [7, 11) is 0. The molecule has 4 heteroatoms. The number of carbonyl (C=O) groups excluding carboxylic acids is 1. The summed E-state index contributed by atoms with van der Waals surface area (Å²) in [4.78, 5) is 14.0. The van der Waals surface area contributed by atoms with Gasteiger partial charge in [-0.2, -0.15) is 0 Å². The molecule has 1 atom stereocenters. The van der Waals surface area contributed by atoms with Crippen LogP contribution in [0.1, 0.15) is 29.3 Å². The van der Waals surface area contributed by atoms with Crippen molar-refractivity contribution in [3.05, 3.63) is 29.3 Å². The van der Waals surface area contributed by atoms with Crippen LogP contribution >= 0.6 is 0 Å². The molecule has 1 fully saturated rings. The lowest BCUT2D eigenvalue weighted by molar-refractivity contribution is 0.0779. The summed E-state index contributed by atoms with van der Waals surface area (Å²) in [6, 6.07) is 5.15. The predicted molar refractivity (Wildman–Crippen MR) is 68.6 cm³/mol. The van der Waals surface area contributed by atoms with Gasteiger partial charge in [0.15, 0.2) is 0 Å². The second kappa shape index (κ2) is 5.40. The molecule has 1 heterocycles. The minimum Gasteiger partial charge on any atom is -0.507 e. The van der Waals surface area contributed by atoms with E-state index in [9.17, 15) is 9.90 Å². The van der Waals surface area contributed by atoms with E-state index in [4.69, 9.17) is 5.11 Å². The zero-order valence-electron chi connectivity index (χ0n) is 10.6. The van der Waals surface area contributed by atoms with Gasteiger partial charge in [0, 0.05) is 25.6 Å². The first kappa shape index (κ1) is 12.9. The molecule has 2 rings (SSSR count). The normalized spacial score (nSPS) is 19.2. The zero-order chi connectivity index (χ0) is 13.1. The maximum Gasteiger partial charge on any atom is 0.257 e. The van der Waals surface area contributed by atoms with Crippen LogP contribution in [0.15, 0.2) is 18.2 Å². The third kappa shape index (κ3) is 2.48. The Balaban J connectivity index is 2.18. The molecule has 1 amide bonds. The Hall–Kier alpha value is -1.55. The van der Waals surface area contributed by atoms with Crippen LogP contribution in [0.5, 0.6) is 5.75 Å². The van der Waals surface area contributed by atoms with Crippen LogP contribution < -0.4 is 0 Å². The smallest absolute Gasteiger partial charge is 0.257 e. The molecule has 1 aromatic rings. The van der Waals surface area contributed by atoms with Crippen LogP contribution in [-0.4, -0.2) is 40.7 Å². The molecule has 0 radical (unpaired) electrons. The number of benzene rings is 1. The van der Waals surface area contributed by atoms with Crippen molar-refractivity contribution in [3.8, 4) is 5.75 Å². The van der Waals surface area contributed by atoms with Crippen LogP contribution in [-0.2, 0) is 6.42 Å². The lowest BCUT2D eigenvalue weighted by Gasteiger charge is -2.17. The first-order chi connectivity index (χ1) is 8.65. The number of rotatable bonds is 3. The Morgan fingerprint density at radius 1 is 1.50 bits per heavy atom. The average molecular weight is 249 g/mol. The van der Waals surface area contributed by atoms with E-state index in [1.165, 1.54) is 0 Å². The summed E-state index contributed by atoms with van der Waals surface area (Å²) in [6.45, 7) is 3.36. The first-order valence-corrected chi connectivity index (χ1v) is 6.37. The van der Waals surface area contributed by atoms with Gasteiger partial charge >= 0.3 is 0 Å². The topological polar surface area (TPSA) is 60.8 Å². The maximum atomic E-state index is 12.3. The summed E-state index contributed by atoms with van der Waals surface area (Å²) >= 11 is 0. The highest BCUT2D eigenvalue weighted by Gasteiger charge is 2.27. The van der Waals surface area contributed by atoms with Crippen molar-refractivity contribution in [1.82, 2.24) is 4.90 Å². The van der Waals surface area contributed by atoms with Gasteiger partial charge in [0.25, 0.3) is 5.91 Å². The number of aliphatic hydroxyl groups is 1. The molecule has 2 N–H and O–H groups in total. The van der Waals surface area contributed by atoms with Gasteiger partial charge in [0.2, 0.25) is 0 Å². The number of aryl methyl sites for hydroxylation is 1. The van der Waals surface area contributed by atoms with Gasteiger partial charge in [-0.1, -0.05) is 13.0 Å². The molecule has 4 nitrogen and oxygen atoms in total. The van der Waals surface area contributed by atoms with E-state index in [1.54, 1.807) is 17.0 Å². The van der Waals surface area contributed by atoms with E-state index in [0.717, 1.165) is 18.4 Å². The minimum atomic E-state index is -0.140. The number of phenols is 1. The number of aromatic hydroxyl groups is 1. The molecule has 1 aliphatic heterocycles. The van der Waals surface area contributed by atoms with Gasteiger partial charge in [-0.25, -0.2) is 0 Å². The van der Waals surface area contributed by atoms with Gasteiger partial charge in [-0.15, -0.1) is 0 Å². The third-order valence-electron chi connectivity index (χ3n) is 3.53. The van der Waals surface area contributed by atoms with E-state index in [2.05, 4.69) is 0 Å². The number of carbonyl (C=O) groups is 1. The standard InChI is InChI=1S/C14H19NO3/c1-2-10-3-4-13(17)12(7-10)14(18)15-6-5-11(8-15)9-16/h3-4,7,11,16-17H,2,5-6,8-9H2,1H3. The molecule has 0 aliphatic carbocycles. The molecule has 0 spiro atoms. The van der Waals surface area contributed by atoms with Gasteiger partial charge < -0.3 is 15.1 Å². The van der Waals surface area contributed by atoms with Crippen LogP contribution in [0.3, 0.4) is 0 Å². The largest absolute Gasteiger partial charge is 0.507 e. The fourth-order valence-electron chi connectivity index (χ4n) is 2.31. The molecule has 98 valence electrons. The number of hydrogen-bond acceptors (Lipinski definition) is 3. The van der Waals surface area contributed by atoms with E-state index >= 15 is 0 Å².